The fourth-order valence-electron chi connectivity index (χ4n) is 3.24. The van der Waals surface area contributed by atoms with Gasteiger partial charge in [0.15, 0.2) is 0 Å². The largest absolute Gasteiger partial charge is 0.471 e. The lowest BCUT2D eigenvalue weighted by atomic mass is 9.84. The maximum absolute atomic E-state index is 12.5. The number of hydrogen-bond donors (Lipinski definition) is 1. The summed E-state index contributed by atoms with van der Waals surface area (Å²) >= 11 is 0. The van der Waals surface area contributed by atoms with Crippen molar-refractivity contribution in [3.05, 3.63) is 35.4 Å². The molecular weight excluding hydrogens is 344 g/mol. The molecule has 0 saturated heterocycles. The van der Waals surface area contributed by atoms with E-state index in [4.69, 9.17) is 9.47 Å². The molecule has 0 spiro atoms. The van der Waals surface area contributed by atoms with Crippen molar-refractivity contribution in [2.75, 3.05) is 13.7 Å². The third kappa shape index (κ3) is 5.55. The van der Waals surface area contributed by atoms with E-state index in [0.717, 1.165) is 18.4 Å². The number of aliphatic imine (C=N–C) groups is 1. The first kappa shape index (κ1) is 20.9. The van der Waals surface area contributed by atoms with E-state index in [-0.39, 0.29) is 29.2 Å². The number of rotatable bonds is 7. The number of carbonyl (C=O) groups excluding carboxylic acids is 2. The molecule has 1 atom stereocenters. The molecule has 1 aromatic carbocycles. The third-order valence-electron chi connectivity index (χ3n) is 4.67. The summed E-state index contributed by atoms with van der Waals surface area (Å²) in [5, 5.41) is 3.04. The Labute approximate surface area is 161 Å². The number of nitrogens with zero attached hydrogens (tertiary/aromatic N) is 1. The molecule has 0 saturated carbocycles. The summed E-state index contributed by atoms with van der Waals surface area (Å²) in [5.41, 5.74) is 0.868. The van der Waals surface area contributed by atoms with Crippen LogP contribution in [0.1, 0.15) is 69.3 Å². The molecule has 0 radical (unpaired) electrons. The highest BCUT2D eigenvalue weighted by molar-refractivity contribution is 6.35. The average Bonchev–Trinajstić information content (AvgIpc) is 2.99. The highest BCUT2D eigenvalue weighted by Gasteiger charge is 2.33. The standard InChI is InChI=1S/C21H30N2O4/c1-7-14(15-8-10-16(11-9-15)19(25)26-6)12-20(2,3)22-17(24)18-23-21(4,5)13-27-18/h8-11,14H,7,12-13H2,1-6H3,(H,22,24). The Morgan fingerprint density at radius 2 is 1.93 bits per heavy atom. The minimum Gasteiger partial charge on any atom is -0.471 e. The Morgan fingerprint density at radius 3 is 2.41 bits per heavy atom. The summed E-state index contributed by atoms with van der Waals surface area (Å²) < 4.78 is 10.2. The molecule has 1 unspecified atom stereocenters. The Bertz CT molecular complexity index is 720. The van der Waals surface area contributed by atoms with Gasteiger partial charge in [-0.25, -0.2) is 9.79 Å². The number of hydrogen-bond acceptors (Lipinski definition) is 5. The second-order valence-electron chi connectivity index (χ2n) is 8.28. The zero-order chi connectivity index (χ0) is 20.2. The summed E-state index contributed by atoms with van der Waals surface area (Å²) in [6.45, 7) is 10.4. The average molecular weight is 374 g/mol. The zero-order valence-electron chi connectivity index (χ0n) is 17.1. The van der Waals surface area contributed by atoms with Crippen LogP contribution in [0.15, 0.2) is 29.3 Å². The number of esters is 1. The molecule has 6 heteroatoms. The fraction of sp³-hybridized carbons (Fsp3) is 0.571. The SMILES string of the molecule is CCC(CC(C)(C)NC(=O)C1=NC(C)(C)CO1)c1ccc(C(=O)OC)cc1. The van der Waals surface area contributed by atoms with Gasteiger partial charge < -0.3 is 14.8 Å². The van der Waals surface area contributed by atoms with E-state index in [2.05, 4.69) is 17.2 Å². The fourth-order valence-corrected chi connectivity index (χ4v) is 3.24. The second kappa shape index (κ2) is 8.11. The van der Waals surface area contributed by atoms with Crippen molar-refractivity contribution in [1.29, 1.82) is 0 Å². The van der Waals surface area contributed by atoms with Crippen LogP contribution in [0.25, 0.3) is 0 Å². The van der Waals surface area contributed by atoms with E-state index < -0.39 is 5.54 Å². The summed E-state index contributed by atoms with van der Waals surface area (Å²) in [6.07, 6.45) is 1.67. The first-order valence-electron chi connectivity index (χ1n) is 9.30. The summed E-state index contributed by atoms with van der Waals surface area (Å²) in [5.74, 6) is -0.220. The molecular formula is C21H30N2O4. The Balaban J connectivity index is 2.05. The van der Waals surface area contributed by atoms with Gasteiger partial charge in [-0.15, -0.1) is 0 Å². The van der Waals surface area contributed by atoms with Crippen molar-refractivity contribution < 1.29 is 19.1 Å². The minimum absolute atomic E-state index is 0.156. The topological polar surface area (TPSA) is 77.0 Å². The van der Waals surface area contributed by atoms with Crippen LogP contribution in [0.2, 0.25) is 0 Å². The molecule has 0 fully saturated rings. The predicted octanol–water partition coefficient (Wildman–Crippen LogP) is 3.46. The monoisotopic (exact) mass is 374 g/mol. The van der Waals surface area contributed by atoms with E-state index in [1.807, 2.05) is 39.8 Å². The van der Waals surface area contributed by atoms with Crippen LogP contribution >= 0.6 is 0 Å². The molecule has 1 aliphatic heterocycles. The number of benzene rings is 1. The van der Waals surface area contributed by atoms with E-state index in [1.54, 1.807) is 12.1 Å². The molecule has 0 aliphatic carbocycles. The van der Waals surface area contributed by atoms with E-state index in [1.165, 1.54) is 7.11 Å². The first-order chi connectivity index (χ1) is 12.6. The maximum Gasteiger partial charge on any atom is 0.337 e. The molecule has 2 rings (SSSR count). The lowest BCUT2D eigenvalue weighted by Gasteiger charge is -2.30. The van der Waals surface area contributed by atoms with Crippen molar-refractivity contribution in [3.63, 3.8) is 0 Å². The highest BCUT2D eigenvalue weighted by Crippen LogP contribution is 2.29. The van der Waals surface area contributed by atoms with Gasteiger partial charge in [-0.2, -0.15) is 0 Å². The molecule has 1 heterocycles. The van der Waals surface area contributed by atoms with E-state index in [0.29, 0.717) is 12.2 Å². The number of methoxy groups -OCH3 is 1. The Morgan fingerprint density at radius 1 is 1.30 bits per heavy atom. The van der Waals surface area contributed by atoms with E-state index in [9.17, 15) is 9.59 Å². The van der Waals surface area contributed by atoms with Gasteiger partial charge in [-0.3, -0.25) is 4.79 Å². The minimum atomic E-state index is -0.433. The van der Waals surface area contributed by atoms with Gasteiger partial charge >= 0.3 is 11.9 Å². The van der Waals surface area contributed by atoms with Gasteiger partial charge in [0.2, 0.25) is 0 Å². The number of nitrogens with one attached hydrogen (secondary N) is 1. The highest BCUT2D eigenvalue weighted by atomic mass is 16.5. The summed E-state index contributed by atoms with van der Waals surface area (Å²) in [4.78, 5) is 28.4. The Hall–Kier alpha value is -2.37. The van der Waals surface area contributed by atoms with Crippen LogP contribution in [0.4, 0.5) is 0 Å². The predicted molar refractivity (Wildman–Crippen MR) is 105 cm³/mol. The van der Waals surface area contributed by atoms with Crippen LogP contribution in [0.3, 0.4) is 0 Å². The first-order valence-corrected chi connectivity index (χ1v) is 9.30. The van der Waals surface area contributed by atoms with Crippen molar-refractivity contribution >= 4 is 17.8 Å². The van der Waals surface area contributed by atoms with Gasteiger partial charge in [0, 0.05) is 5.54 Å². The van der Waals surface area contributed by atoms with Crippen LogP contribution in [-0.2, 0) is 14.3 Å². The summed E-state index contributed by atoms with van der Waals surface area (Å²) in [6, 6.07) is 7.45. The van der Waals surface area contributed by atoms with Crippen molar-refractivity contribution in [2.45, 2.75) is 64.5 Å². The smallest absolute Gasteiger partial charge is 0.337 e. The van der Waals surface area contributed by atoms with Crippen molar-refractivity contribution in [3.8, 4) is 0 Å². The normalized spacial score (nSPS) is 16.9. The van der Waals surface area contributed by atoms with Crippen LogP contribution < -0.4 is 5.32 Å². The molecule has 1 amide bonds. The third-order valence-corrected chi connectivity index (χ3v) is 4.67. The molecule has 6 nitrogen and oxygen atoms in total. The summed E-state index contributed by atoms with van der Waals surface area (Å²) in [7, 11) is 1.37. The number of carbonyl (C=O) groups is 2. The molecule has 1 N–H and O–H groups in total. The van der Waals surface area contributed by atoms with Gasteiger partial charge in [-0.05, 0) is 64.2 Å². The zero-order valence-corrected chi connectivity index (χ0v) is 17.1. The van der Waals surface area contributed by atoms with Gasteiger partial charge in [0.1, 0.15) is 6.61 Å². The molecule has 0 bridgehead atoms. The lowest BCUT2D eigenvalue weighted by Crippen LogP contribution is -2.47. The number of amides is 1. The number of ether oxygens (including phenoxy) is 2. The molecule has 27 heavy (non-hydrogen) atoms. The quantitative estimate of drug-likeness (QED) is 0.742. The molecule has 0 aromatic heterocycles. The van der Waals surface area contributed by atoms with Crippen LogP contribution in [0.5, 0.6) is 0 Å². The lowest BCUT2D eigenvalue weighted by molar-refractivity contribution is -0.117. The molecule has 1 aromatic rings. The van der Waals surface area contributed by atoms with Crippen molar-refractivity contribution in [2.24, 2.45) is 4.99 Å². The maximum atomic E-state index is 12.5. The van der Waals surface area contributed by atoms with Crippen molar-refractivity contribution in [1.82, 2.24) is 5.32 Å². The van der Waals surface area contributed by atoms with Gasteiger partial charge in [0.05, 0.1) is 18.2 Å². The van der Waals surface area contributed by atoms with Crippen LogP contribution in [0, 0.1) is 0 Å². The van der Waals surface area contributed by atoms with E-state index >= 15 is 0 Å². The Kier molecular flexibility index (Phi) is 6.29. The van der Waals surface area contributed by atoms with Crippen LogP contribution in [-0.4, -0.2) is 42.6 Å². The second-order valence-corrected chi connectivity index (χ2v) is 8.28. The van der Waals surface area contributed by atoms with Gasteiger partial charge in [-0.1, -0.05) is 19.1 Å². The van der Waals surface area contributed by atoms with Gasteiger partial charge in [0.25, 0.3) is 5.90 Å². The molecule has 148 valence electrons. The molecule has 1 aliphatic rings.